The summed E-state index contributed by atoms with van der Waals surface area (Å²) in [5, 5.41) is 32.5. The third-order valence-corrected chi connectivity index (χ3v) is 14.1. The minimum Gasteiger partial charge on any atom is -0.493 e. The van der Waals surface area contributed by atoms with E-state index < -0.39 is 89.8 Å². The highest BCUT2D eigenvalue weighted by atomic mass is 16.7. The first-order valence-corrected chi connectivity index (χ1v) is 25.3. The normalized spacial score (nSPS) is 33.0. The number of esters is 1. The number of aliphatic hydroxyl groups is 3. The molecule has 3 aliphatic heterocycles. The minimum absolute atomic E-state index is 0.0101. The molecule has 1 amide bonds. The first-order valence-electron chi connectivity index (χ1n) is 25.3. The van der Waals surface area contributed by atoms with E-state index in [-0.39, 0.29) is 80.8 Å². The van der Waals surface area contributed by atoms with E-state index in [0.29, 0.717) is 43.2 Å². The van der Waals surface area contributed by atoms with Crippen molar-refractivity contribution < 1.29 is 77.2 Å². The van der Waals surface area contributed by atoms with E-state index >= 15 is 0 Å². The molecule has 1 aromatic rings. The first kappa shape index (κ1) is 59.5. The van der Waals surface area contributed by atoms with Crippen LogP contribution in [0.3, 0.4) is 0 Å². The molecule has 0 unspecified atom stereocenters. The predicted molar refractivity (Wildman–Crippen MR) is 267 cm³/mol. The van der Waals surface area contributed by atoms with Crippen molar-refractivity contribution in [3.05, 3.63) is 71.4 Å². The van der Waals surface area contributed by atoms with Crippen molar-refractivity contribution in [1.29, 1.82) is 0 Å². The molecule has 0 aromatic heterocycles. The van der Waals surface area contributed by atoms with Gasteiger partial charge >= 0.3 is 12.1 Å². The molecule has 0 radical (unpaired) electrons. The van der Waals surface area contributed by atoms with Gasteiger partial charge in [0.2, 0.25) is 5.79 Å². The lowest BCUT2D eigenvalue weighted by molar-refractivity contribution is -0.265. The average Bonchev–Trinajstić information content (AvgIpc) is 3.35. The molecule has 3 heterocycles. The van der Waals surface area contributed by atoms with E-state index in [1.807, 2.05) is 44.2 Å². The lowest BCUT2D eigenvalue weighted by Gasteiger charge is -2.42. The molecular weight excluding hydrogens is 931 g/mol. The van der Waals surface area contributed by atoms with Gasteiger partial charge in [0.1, 0.15) is 30.1 Å². The number of cyclic esters (lactones) is 1. The zero-order valence-corrected chi connectivity index (χ0v) is 43.8. The zero-order chi connectivity index (χ0) is 53.3. The number of hydrogen-bond donors (Lipinski definition) is 3. The Hall–Kier alpha value is -5.04. The van der Waals surface area contributed by atoms with Crippen LogP contribution in [0, 0.1) is 29.6 Å². The molecule has 17 nitrogen and oxygen atoms in total. The highest BCUT2D eigenvalue weighted by Gasteiger charge is 2.53. The summed E-state index contributed by atoms with van der Waals surface area (Å²) in [5.74, 6) is -8.57. The lowest BCUT2D eigenvalue weighted by atomic mass is 9.85. The van der Waals surface area contributed by atoms with Crippen LogP contribution < -0.4 is 9.47 Å². The number of hydrogen-bond acceptors (Lipinski definition) is 16. The summed E-state index contributed by atoms with van der Waals surface area (Å²) in [6.07, 6.45) is 8.29. The molecule has 1 aromatic carbocycles. The summed E-state index contributed by atoms with van der Waals surface area (Å²) in [5.41, 5.74) is 1.86. The smallest absolute Gasteiger partial charge is 0.493 e. The van der Waals surface area contributed by atoms with Crippen LogP contribution in [0.15, 0.2) is 65.8 Å². The molecule has 17 heteroatoms. The molecule has 0 spiro atoms. The van der Waals surface area contributed by atoms with E-state index in [2.05, 4.69) is 0 Å². The molecule has 72 heavy (non-hydrogen) atoms. The van der Waals surface area contributed by atoms with Crippen LogP contribution in [-0.4, -0.2) is 139 Å². The molecule has 2 bridgehead atoms. The summed E-state index contributed by atoms with van der Waals surface area (Å²) < 4.78 is 39.6. The Bertz CT molecular complexity index is 2150. The van der Waals surface area contributed by atoms with E-state index in [1.165, 1.54) is 20.3 Å². The topological polar surface area (TPSA) is 231 Å². The van der Waals surface area contributed by atoms with E-state index in [0.717, 1.165) is 10.5 Å². The fourth-order valence-electron chi connectivity index (χ4n) is 9.54. The Morgan fingerprint density at radius 3 is 2.33 bits per heavy atom. The summed E-state index contributed by atoms with van der Waals surface area (Å²) in [6.45, 7) is 12.2. The van der Waals surface area contributed by atoms with Crippen molar-refractivity contribution in [2.24, 2.45) is 29.6 Å². The number of nitrogens with zero attached hydrogens (tertiary/aromatic N) is 1. The standard InChI is InChI=1S/C55H79NO16/c1-33-17-12-11-13-18-34(2)45(66-8)31-41-22-20-39(7)55(65,72-41)51(61)52(62)56-24-15-14-19-42(56)53(63)70-46(32-43(58)35(3)28-38(6)49(60)50(68-10)48(59)37(5)27-33)36(4)29-40-21-23-44(47(30-40)67-9)71-54(64)69-26-16-25-57/h11-13,17-18,21,23,28,30,33,35-37,39,41-42,45-46,49-50,57,60,65H,14-16,19-20,22,24-27,29,31-32H2,1-10H3/b13-11+,17-12+,34-18+,38-28+/t33-,35-,36-,37-,39-,41+,42+,45+,46+,49-,50+,55-/m1/s1. The number of carbonyl (C=O) groups excluding carboxylic acids is 6. The number of amides is 1. The number of methoxy groups -OCH3 is 3. The maximum atomic E-state index is 14.5. The number of carbonyl (C=O) groups is 6. The maximum Gasteiger partial charge on any atom is 0.513 e. The molecule has 12 atom stereocenters. The third-order valence-electron chi connectivity index (χ3n) is 14.1. The van der Waals surface area contributed by atoms with Gasteiger partial charge in [0.25, 0.3) is 11.7 Å². The SMILES string of the molecule is COc1cc(C[C@@H](C)[C@@H]2CC(=O)[C@H](C)/C=C(\C)[C@@H](O)[C@@H](OC)C(=O)[C@H](C)C[C@H](C)/C=C/C=C/C=C(\C)[C@@H](OC)C[C@@H]3CC[C@@H](C)[C@@](O)(O3)C(=O)C(=O)N3CCCC[C@H]3C(=O)O2)ccc1OC(=O)OCCCO. The van der Waals surface area contributed by atoms with E-state index in [1.54, 1.807) is 59.9 Å². The van der Waals surface area contributed by atoms with Crippen LogP contribution in [0.2, 0.25) is 0 Å². The Kier molecular flexibility index (Phi) is 23.5. The number of ether oxygens (including phenoxy) is 7. The highest BCUT2D eigenvalue weighted by Crippen LogP contribution is 2.37. The highest BCUT2D eigenvalue weighted by molar-refractivity contribution is 6.39. The summed E-state index contributed by atoms with van der Waals surface area (Å²) >= 11 is 0. The van der Waals surface area contributed by atoms with E-state index in [9.17, 15) is 39.0 Å². The van der Waals surface area contributed by atoms with Crippen LogP contribution in [0.5, 0.6) is 11.5 Å². The quantitative estimate of drug-likeness (QED) is 0.0722. The molecule has 4 rings (SSSR count). The molecule has 3 N–H and O–H groups in total. The van der Waals surface area contributed by atoms with E-state index in [4.69, 9.17) is 38.3 Å². The van der Waals surface area contributed by atoms with Gasteiger partial charge in [-0.25, -0.2) is 9.59 Å². The zero-order valence-electron chi connectivity index (χ0n) is 43.8. The van der Waals surface area contributed by atoms with Crippen LogP contribution in [-0.2, 0) is 54.1 Å². The van der Waals surface area contributed by atoms with Gasteiger partial charge in [0, 0.05) is 64.4 Å². The third kappa shape index (κ3) is 16.2. The fraction of sp³-hybridized carbons (Fsp3) is 0.636. The monoisotopic (exact) mass is 1010 g/mol. The van der Waals surface area contributed by atoms with Crippen molar-refractivity contribution >= 4 is 35.4 Å². The van der Waals surface area contributed by atoms with Gasteiger partial charge in [-0.1, -0.05) is 77.1 Å². The molecular formula is C55H79NO16. The second-order valence-corrected chi connectivity index (χ2v) is 19.8. The van der Waals surface area contributed by atoms with Crippen LogP contribution in [0.4, 0.5) is 4.79 Å². The lowest BCUT2D eigenvalue weighted by Crippen LogP contribution is -2.61. The van der Waals surface area contributed by atoms with Gasteiger partial charge in [0.05, 0.1) is 25.9 Å². The number of rotatable bonds is 10. The predicted octanol–water partition coefficient (Wildman–Crippen LogP) is 6.76. The van der Waals surface area contributed by atoms with Gasteiger partial charge in [-0.3, -0.25) is 19.2 Å². The number of ketones is 3. The summed E-state index contributed by atoms with van der Waals surface area (Å²) in [4.78, 5) is 84.5. The van der Waals surface area contributed by atoms with Crippen molar-refractivity contribution in [2.45, 2.75) is 155 Å². The summed E-state index contributed by atoms with van der Waals surface area (Å²) in [6, 6.07) is 3.60. The number of piperidine rings is 1. The summed E-state index contributed by atoms with van der Waals surface area (Å²) in [7, 11) is 4.31. The maximum absolute atomic E-state index is 14.5. The van der Waals surface area contributed by atoms with Crippen LogP contribution in [0.25, 0.3) is 0 Å². The van der Waals surface area contributed by atoms with Gasteiger partial charge < -0.3 is 53.4 Å². The first-order chi connectivity index (χ1) is 34.2. The van der Waals surface area contributed by atoms with Crippen LogP contribution in [0.1, 0.15) is 112 Å². The van der Waals surface area contributed by atoms with Crippen LogP contribution >= 0.6 is 0 Å². The van der Waals surface area contributed by atoms with Gasteiger partial charge in [-0.15, -0.1) is 0 Å². The average molecular weight is 1010 g/mol. The van der Waals surface area contributed by atoms with Crippen molar-refractivity contribution in [2.75, 3.05) is 41.1 Å². The molecule has 2 fully saturated rings. The van der Waals surface area contributed by atoms with Gasteiger partial charge in [-0.2, -0.15) is 0 Å². The Balaban J connectivity index is 1.72. The van der Waals surface area contributed by atoms with Crippen molar-refractivity contribution in [3.63, 3.8) is 0 Å². The van der Waals surface area contributed by atoms with Gasteiger partial charge in [-0.05, 0) is 99.5 Å². The van der Waals surface area contributed by atoms with Crippen molar-refractivity contribution in [3.8, 4) is 11.5 Å². The van der Waals surface area contributed by atoms with Gasteiger partial charge in [0.15, 0.2) is 17.3 Å². The number of aliphatic hydroxyl groups excluding tert-OH is 2. The number of benzene rings is 1. The Morgan fingerprint density at radius 2 is 1.65 bits per heavy atom. The molecule has 400 valence electrons. The molecule has 2 saturated heterocycles. The Morgan fingerprint density at radius 1 is 0.917 bits per heavy atom. The molecule has 0 aliphatic carbocycles. The largest absolute Gasteiger partial charge is 0.513 e. The second-order valence-electron chi connectivity index (χ2n) is 19.8. The number of fused-ring (bicyclic) bond motifs is 3. The minimum atomic E-state index is -2.48. The number of allylic oxidation sites excluding steroid dienone is 6. The second kappa shape index (κ2) is 28.4. The van der Waals surface area contributed by atoms with Crippen molar-refractivity contribution in [1.82, 2.24) is 4.90 Å². The Labute approximate surface area is 424 Å². The molecule has 3 aliphatic rings. The molecule has 0 saturated carbocycles. The number of Topliss-reactive ketones (excluding diaryl/α,β-unsaturated/α-hetero) is 3. The fourth-order valence-corrected chi connectivity index (χ4v) is 9.54.